The summed E-state index contributed by atoms with van der Waals surface area (Å²) in [6.07, 6.45) is 2.04. The Balaban J connectivity index is 2.29. The van der Waals surface area contributed by atoms with Gasteiger partial charge in [0.1, 0.15) is 11.9 Å². The van der Waals surface area contributed by atoms with Crippen LogP contribution in [0.4, 0.5) is 10.1 Å². The summed E-state index contributed by atoms with van der Waals surface area (Å²) in [7, 11) is -3.74. The van der Waals surface area contributed by atoms with Gasteiger partial charge in [0.2, 0.25) is 22.3 Å². The molecule has 1 aromatic carbocycles. The average Bonchev–Trinajstić information content (AvgIpc) is 2.59. The molecule has 1 atom stereocenters. The van der Waals surface area contributed by atoms with Gasteiger partial charge < -0.3 is 9.80 Å². The summed E-state index contributed by atoms with van der Waals surface area (Å²) in [5.41, 5.74) is 0.246. The van der Waals surface area contributed by atoms with Gasteiger partial charge in [-0.2, -0.15) is 0 Å². The molecule has 138 valence electrons. The van der Waals surface area contributed by atoms with Crippen LogP contribution in [0.25, 0.3) is 0 Å². The Kier molecular flexibility index (Phi) is 5.99. The Hall–Kier alpha value is -2.16. The molecule has 7 nitrogen and oxygen atoms in total. The van der Waals surface area contributed by atoms with Crippen LogP contribution in [0.1, 0.15) is 13.3 Å². The van der Waals surface area contributed by atoms with Crippen LogP contribution < -0.4 is 4.31 Å². The first-order valence-corrected chi connectivity index (χ1v) is 9.86. The largest absolute Gasteiger partial charge is 0.342 e. The first-order chi connectivity index (χ1) is 11.8. The molecular formula is C16H22FN3O4S. The number of carbonyl (C=O) groups excluding carboxylic acids is 2. The van der Waals surface area contributed by atoms with Crippen LogP contribution in [-0.2, 0) is 19.6 Å². The molecule has 0 bridgehead atoms. The SMILES string of the molecule is CC[C@@H](C(=O)N1CCN(C=O)CC1)N(c1ccc(F)cc1)S(C)(=O)=O. The number of hydrogen-bond donors (Lipinski definition) is 0. The predicted molar refractivity (Wildman–Crippen MR) is 92.0 cm³/mol. The molecule has 1 aliphatic rings. The molecule has 0 N–H and O–H groups in total. The van der Waals surface area contributed by atoms with E-state index in [0.717, 1.165) is 29.1 Å². The number of nitrogens with zero attached hydrogens (tertiary/aromatic N) is 3. The van der Waals surface area contributed by atoms with E-state index in [1.54, 1.807) is 16.7 Å². The second-order valence-electron chi connectivity index (χ2n) is 5.93. The third-order valence-corrected chi connectivity index (χ3v) is 5.35. The van der Waals surface area contributed by atoms with Crippen LogP contribution in [0.3, 0.4) is 0 Å². The minimum Gasteiger partial charge on any atom is -0.342 e. The number of sulfonamides is 1. The number of halogens is 1. The van der Waals surface area contributed by atoms with Gasteiger partial charge in [0.05, 0.1) is 11.9 Å². The second-order valence-corrected chi connectivity index (χ2v) is 7.79. The van der Waals surface area contributed by atoms with Crippen LogP contribution in [0.15, 0.2) is 24.3 Å². The molecule has 2 amide bonds. The lowest BCUT2D eigenvalue weighted by molar-refractivity contribution is -0.136. The smallest absolute Gasteiger partial charge is 0.246 e. The molecule has 9 heteroatoms. The van der Waals surface area contributed by atoms with Crippen molar-refractivity contribution in [2.75, 3.05) is 36.7 Å². The molecule has 0 saturated carbocycles. The Morgan fingerprint density at radius 2 is 1.80 bits per heavy atom. The van der Waals surface area contributed by atoms with Gasteiger partial charge in [-0.15, -0.1) is 0 Å². The van der Waals surface area contributed by atoms with Crippen molar-refractivity contribution < 1.29 is 22.4 Å². The van der Waals surface area contributed by atoms with Crippen LogP contribution >= 0.6 is 0 Å². The summed E-state index contributed by atoms with van der Waals surface area (Å²) in [6, 6.07) is 4.09. The molecule has 0 aromatic heterocycles. The highest BCUT2D eigenvalue weighted by Gasteiger charge is 2.35. The minimum atomic E-state index is -3.74. The standard InChI is InChI=1S/C16H22FN3O4S/c1-3-15(16(22)19-10-8-18(12-21)9-11-19)20(25(2,23)24)14-6-4-13(17)5-7-14/h4-7,12,15H,3,8-11H2,1-2H3/t15-/m0/s1. The third kappa shape index (κ3) is 4.47. The molecule has 1 aromatic rings. The summed E-state index contributed by atoms with van der Waals surface area (Å²) < 4.78 is 38.8. The maximum atomic E-state index is 13.2. The zero-order chi connectivity index (χ0) is 18.6. The molecule has 2 rings (SSSR count). The van der Waals surface area contributed by atoms with E-state index >= 15 is 0 Å². The fourth-order valence-corrected chi connectivity index (χ4v) is 4.10. The van der Waals surface area contributed by atoms with Crippen molar-refractivity contribution in [2.45, 2.75) is 19.4 Å². The number of benzene rings is 1. The van der Waals surface area contributed by atoms with Crippen LogP contribution in [0.2, 0.25) is 0 Å². The van der Waals surface area contributed by atoms with E-state index in [1.165, 1.54) is 12.1 Å². The summed E-state index contributed by atoms with van der Waals surface area (Å²) >= 11 is 0. The Morgan fingerprint density at radius 1 is 1.24 bits per heavy atom. The number of anilines is 1. The second kappa shape index (κ2) is 7.81. The molecule has 1 heterocycles. The van der Waals surface area contributed by atoms with Gasteiger partial charge in [0, 0.05) is 26.2 Å². The molecule has 1 saturated heterocycles. The normalized spacial score (nSPS) is 16.4. The van der Waals surface area contributed by atoms with Gasteiger partial charge >= 0.3 is 0 Å². The zero-order valence-corrected chi connectivity index (χ0v) is 15.1. The molecule has 1 fully saturated rings. The van der Waals surface area contributed by atoms with Crippen molar-refractivity contribution in [3.05, 3.63) is 30.1 Å². The zero-order valence-electron chi connectivity index (χ0n) is 14.3. The molecular weight excluding hydrogens is 349 g/mol. The van der Waals surface area contributed by atoms with E-state index in [0.29, 0.717) is 26.2 Å². The van der Waals surface area contributed by atoms with Crippen LogP contribution in [0.5, 0.6) is 0 Å². The van der Waals surface area contributed by atoms with E-state index in [1.807, 2.05) is 0 Å². The lowest BCUT2D eigenvalue weighted by Crippen LogP contribution is -2.55. The molecule has 25 heavy (non-hydrogen) atoms. The van der Waals surface area contributed by atoms with Crippen LogP contribution in [-0.4, -0.2) is 69.0 Å². The van der Waals surface area contributed by atoms with Crippen molar-refractivity contribution in [3.8, 4) is 0 Å². The first kappa shape index (κ1) is 19.2. The Labute approximate surface area is 147 Å². The molecule has 0 unspecified atom stereocenters. The molecule has 0 spiro atoms. The van der Waals surface area contributed by atoms with E-state index in [9.17, 15) is 22.4 Å². The monoisotopic (exact) mass is 371 g/mol. The van der Waals surface area contributed by atoms with Crippen LogP contribution in [0, 0.1) is 5.82 Å². The summed E-state index contributed by atoms with van der Waals surface area (Å²) in [4.78, 5) is 26.8. The number of amides is 2. The van der Waals surface area contributed by atoms with Crippen molar-refractivity contribution in [1.82, 2.24) is 9.80 Å². The van der Waals surface area contributed by atoms with Crippen molar-refractivity contribution in [2.24, 2.45) is 0 Å². The summed E-state index contributed by atoms with van der Waals surface area (Å²) in [5, 5.41) is 0. The molecule has 1 aliphatic heterocycles. The van der Waals surface area contributed by atoms with Gasteiger partial charge in [-0.3, -0.25) is 13.9 Å². The van der Waals surface area contributed by atoms with E-state index in [2.05, 4.69) is 0 Å². The third-order valence-electron chi connectivity index (χ3n) is 4.17. The van der Waals surface area contributed by atoms with Gasteiger partial charge in [0.15, 0.2) is 0 Å². The van der Waals surface area contributed by atoms with Gasteiger partial charge in [-0.05, 0) is 30.7 Å². The lowest BCUT2D eigenvalue weighted by Gasteiger charge is -2.37. The van der Waals surface area contributed by atoms with Crippen molar-refractivity contribution >= 4 is 28.0 Å². The lowest BCUT2D eigenvalue weighted by atomic mass is 10.1. The Bertz CT molecular complexity index is 715. The Morgan fingerprint density at radius 3 is 2.24 bits per heavy atom. The number of rotatable bonds is 6. The fraction of sp³-hybridized carbons (Fsp3) is 0.500. The van der Waals surface area contributed by atoms with Gasteiger partial charge in [-0.1, -0.05) is 6.92 Å². The average molecular weight is 371 g/mol. The number of hydrogen-bond acceptors (Lipinski definition) is 4. The fourth-order valence-electron chi connectivity index (χ4n) is 2.89. The van der Waals surface area contributed by atoms with Crippen molar-refractivity contribution in [3.63, 3.8) is 0 Å². The maximum absolute atomic E-state index is 13.2. The predicted octanol–water partition coefficient (Wildman–Crippen LogP) is 0.671. The van der Waals surface area contributed by atoms with Gasteiger partial charge in [0.25, 0.3) is 0 Å². The highest BCUT2D eigenvalue weighted by atomic mass is 32.2. The van der Waals surface area contributed by atoms with E-state index < -0.39 is 21.9 Å². The topological polar surface area (TPSA) is 78.0 Å². The highest BCUT2D eigenvalue weighted by Crippen LogP contribution is 2.24. The first-order valence-electron chi connectivity index (χ1n) is 8.01. The van der Waals surface area contributed by atoms with Crippen molar-refractivity contribution in [1.29, 1.82) is 0 Å². The minimum absolute atomic E-state index is 0.246. The molecule has 0 aliphatic carbocycles. The van der Waals surface area contributed by atoms with Gasteiger partial charge in [-0.25, -0.2) is 12.8 Å². The quantitative estimate of drug-likeness (QED) is 0.689. The highest BCUT2D eigenvalue weighted by molar-refractivity contribution is 7.92. The van der Waals surface area contributed by atoms with E-state index in [-0.39, 0.29) is 18.0 Å². The number of carbonyl (C=O) groups is 2. The van der Waals surface area contributed by atoms with E-state index in [4.69, 9.17) is 0 Å². The molecule has 0 radical (unpaired) electrons. The number of piperazine rings is 1. The summed E-state index contributed by atoms with van der Waals surface area (Å²) in [6.45, 7) is 3.28. The maximum Gasteiger partial charge on any atom is 0.246 e. The summed E-state index contributed by atoms with van der Waals surface area (Å²) in [5.74, 6) is -0.802.